The molecule has 0 fully saturated rings. The van der Waals surface area contributed by atoms with Crippen LogP contribution in [-0.2, 0) is 0 Å². The number of benzene rings is 1. The number of halogens is 3. The SMILES string of the molecule is NCCC(O)C(O)c1ccc(OCC(F)(F)F)cc1. The molecular weight excluding hydrogens is 263 g/mol. The molecule has 4 N–H and O–H groups in total. The van der Waals surface area contributed by atoms with Crippen molar-refractivity contribution >= 4 is 0 Å². The highest BCUT2D eigenvalue weighted by atomic mass is 19.4. The molecular formula is C12H16F3NO3. The Hall–Kier alpha value is -1.31. The first-order chi connectivity index (χ1) is 8.83. The van der Waals surface area contributed by atoms with Gasteiger partial charge in [-0.2, -0.15) is 13.2 Å². The smallest absolute Gasteiger partial charge is 0.422 e. The molecule has 0 aliphatic carbocycles. The zero-order valence-electron chi connectivity index (χ0n) is 10.1. The van der Waals surface area contributed by atoms with Gasteiger partial charge in [-0.1, -0.05) is 12.1 Å². The lowest BCUT2D eigenvalue weighted by Crippen LogP contribution is -2.22. The highest BCUT2D eigenvalue weighted by molar-refractivity contribution is 5.29. The molecule has 0 aliphatic heterocycles. The van der Waals surface area contributed by atoms with Crippen molar-refractivity contribution in [3.05, 3.63) is 29.8 Å². The lowest BCUT2D eigenvalue weighted by molar-refractivity contribution is -0.153. The van der Waals surface area contributed by atoms with Gasteiger partial charge in [0.15, 0.2) is 6.61 Å². The van der Waals surface area contributed by atoms with Crippen LogP contribution >= 0.6 is 0 Å². The van der Waals surface area contributed by atoms with Crippen LogP contribution in [0.1, 0.15) is 18.1 Å². The molecule has 0 aromatic heterocycles. The van der Waals surface area contributed by atoms with Crippen LogP contribution in [0.2, 0.25) is 0 Å². The van der Waals surface area contributed by atoms with Gasteiger partial charge in [0.05, 0.1) is 6.10 Å². The molecule has 0 saturated carbocycles. The third-order valence-electron chi connectivity index (χ3n) is 2.45. The van der Waals surface area contributed by atoms with E-state index in [9.17, 15) is 23.4 Å². The van der Waals surface area contributed by atoms with Crippen molar-refractivity contribution < 1.29 is 28.1 Å². The molecule has 0 amide bonds. The Morgan fingerprint density at radius 3 is 2.21 bits per heavy atom. The van der Waals surface area contributed by atoms with Crippen LogP contribution in [0.4, 0.5) is 13.2 Å². The fourth-order valence-electron chi connectivity index (χ4n) is 1.48. The summed E-state index contributed by atoms with van der Waals surface area (Å²) in [6, 6.07) is 5.41. The number of nitrogens with two attached hydrogens (primary N) is 1. The minimum absolute atomic E-state index is 0.0431. The minimum Gasteiger partial charge on any atom is -0.484 e. The Kier molecular flexibility index (Phi) is 5.59. The molecule has 0 aliphatic rings. The first-order valence-electron chi connectivity index (χ1n) is 5.69. The van der Waals surface area contributed by atoms with Crippen LogP contribution in [0.25, 0.3) is 0 Å². The van der Waals surface area contributed by atoms with E-state index in [0.717, 1.165) is 0 Å². The number of aliphatic hydroxyl groups is 2. The summed E-state index contributed by atoms with van der Waals surface area (Å²) >= 11 is 0. The average Bonchev–Trinajstić information content (AvgIpc) is 2.35. The average molecular weight is 279 g/mol. The van der Waals surface area contributed by atoms with Gasteiger partial charge in [0.25, 0.3) is 0 Å². The molecule has 0 bridgehead atoms. The molecule has 4 nitrogen and oxygen atoms in total. The van der Waals surface area contributed by atoms with Crippen molar-refractivity contribution in [1.29, 1.82) is 0 Å². The van der Waals surface area contributed by atoms with E-state index >= 15 is 0 Å². The van der Waals surface area contributed by atoms with Gasteiger partial charge in [-0.05, 0) is 30.7 Å². The fraction of sp³-hybridized carbons (Fsp3) is 0.500. The summed E-state index contributed by atoms with van der Waals surface area (Å²) in [5, 5.41) is 19.3. The molecule has 108 valence electrons. The van der Waals surface area contributed by atoms with E-state index in [2.05, 4.69) is 4.74 Å². The Morgan fingerprint density at radius 1 is 1.16 bits per heavy atom. The number of ether oxygens (including phenoxy) is 1. The molecule has 19 heavy (non-hydrogen) atoms. The van der Waals surface area contributed by atoms with E-state index in [1.54, 1.807) is 0 Å². The maximum Gasteiger partial charge on any atom is 0.422 e. The molecule has 1 rings (SSSR count). The number of rotatable bonds is 6. The summed E-state index contributed by atoms with van der Waals surface area (Å²) in [4.78, 5) is 0. The minimum atomic E-state index is -4.39. The van der Waals surface area contributed by atoms with E-state index in [-0.39, 0.29) is 18.7 Å². The molecule has 1 aromatic carbocycles. The van der Waals surface area contributed by atoms with Crippen molar-refractivity contribution in [2.75, 3.05) is 13.2 Å². The third kappa shape index (κ3) is 5.46. The second-order valence-electron chi connectivity index (χ2n) is 4.06. The second-order valence-corrected chi connectivity index (χ2v) is 4.06. The molecule has 7 heteroatoms. The Morgan fingerprint density at radius 2 is 1.74 bits per heavy atom. The van der Waals surface area contributed by atoms with Crippen LogP contribution in [0.3, 0.4) is 0 Å². The first kappa shape index (κ1) is 15.7. The van der Waals surface area contributed by atoms with Crippen LogP contribution in [0.15, 0.2) is 24.3 Å². The molecule has 1 aromatic rings. The molecule has 0 radical (unpaired) electrons. The van der Waals surface area contributed by atoms with E-state index < -0.39 is 25.0 Å². The molecule has 0 heterocycles. The van der Waals surface area contributed by atoms with Gasteiger partial charge >= 0.3 is 6.18 Å². The Labute approximate surface area is 108 Å². The standard InChI is InChI=1S/C12H16F3NO3/c13-12(14,15)7-19-9-3-1-8(2-4-9)11(18)10(17)5-6-16/h1-4,10-11,17-18H,5-7,16H2. The van der Waals surface area contributed by atoms with E-state index in [0.29, 0.717) is 5.56 Å². The number of aliphatic hydroxyl groups excluding tert-OH is 2. The number of hydrogen-bond donors (Lipinski definition) is 3. The van der Waals surface area contributed by atoms with Crippen molar-refractivity contribution in [3.63, 3.8) is 0 Å². The topological polar surface area (TPSA) is 75.7 Å². The van der Waals surface area contributed by atoms with Crippen LogP contribution in [0, 0.1) is 0 Å². The van der Waals surface area contributed by atoms with Crippen molar-refractivity contribution in [2.45, 2.75) is 24.8 Å². The Bertz CT molecular complexity index is 381. The molecule has 2 atom stereocenters. The maximum absolute atomic E-state index is 11.9. The van der Waals surface area contributed by atoms with Gasteiger partial charge in [0, 0.05) is 0 Å². The zero-order valence-corrected chi connectivity index (χ0v) is 10.1. The summed E-state index contributed by atoms with van der Waals surface area (Å²) in [5.74, 6) is 0.0431. The van der Waals surface area contributed by atoms with Crippen LogP contribution in [-0.4, -0.2) is 35.6 Å². The van der Waals surface area contributed by atoms with Crippen molar-refractivity contribution in [2.24, 2.45) is 5.73 Å². The number of hydrogen-bond acceptors (Lipinski definition) is 4. The van der Waals surface area contributed by atoms with E-state index in [1.807, 2.05) is 0 Å². The van der Waals surface area contributed by atoms with Gasteiger partial charge < -0.3 is 20.7 Å². The predicted octanol–water partition coefficient (Wildman–Crippen LogP) is 1.37. The van der Waals surface area contributed by atoms with Crippen LogP contribution < -0.4 is 10.5 Å². The zero-order chi connectivity index (χ0) is 14.5. The lowest BCUT2D eigenvalue weighted by Gasteiger charge is -2.17. The summed E-state index contributed by atoms with van der Waals surface area (Å²) in [6.07, 6.45) is -6.30. The molecule has 0 saturated heterocycles. The lowest BCUT2D eigenvalue weighted by atomic mass is 10.0. The van der Waals surface area contributed by atoms with Gasteiger partial charge in [0.1, 0.15) is 11.9 Å². The maximum atomic E-state index is 11.9. The second kappa shape index (κ2) is 6.74. The largest absolute Gasteiger partial charge is 0.484 e. The molecule has 2 unspecified atom stereocenters. The highest BCUT2D eigenvalue weighted by Crippen LogP contribution is 2.23. The summed E-state index contributed by atoms with van der Waals surface area (Å²) < 4.78 is 40.3. The predicted molar refractivity (Wildman–Crippen MR) is 62.6 cm³/mol. The highest BCUT2D eigenvalue weighted by Gasteiger charge is 2.28. The van der Waals surface area contributed by atoms with Crippen LogP contribution in [0.5, 0.6) is 5.75 Å². The van der Waals surface area contributed by atoms with Gasteiger partial charge in [-0.15, -0.1) is 0 Å². The third-order valence-corrected chi connectivity index (χ3v) is 2.45. The van der Waals surface area contributed by atoms with Gasteiger partial charge in [0.2, 0.25) is 0 Å². The molecule has 0 spiro atoms. The number of alkyl halides is 3. The normalized spacial score (nSPS) is 15.1. The monoisotopic (exact) mass is 279 g/mol. The van der Waals surface area contributed by atoms with Gasteiger partial charge in [-0.25, -0.2) is 0 Å². The van der Waals surface area contributed by atoms with Gasteiger partial charge in [-0.3, -0.25) is 0 Å². The fourth-order valence-corrected chi connectivity index (χ4v) is 1.48. The summed E-state index contributed by atoms with van der Waals surface area (Å²) in [6.45, 7) is -1.14. The summed E-state index contributed by atoms with van der Waals surface area (Å²) in [7, 11) is 0. The van der Waals surface area contributed by atoms with E-state index in [1.165, 1.54) is 24.3 Å². The Balaban J connectivity index is 2.60. The summed E-state index contributed by atoms with van der Waals surface area (Å²) in [5.41, 5.74) is 5.64. The van der Waals surface area contributed by atoms with Crippen molar-refractivity contribution in [3.8, 4) is 5.75 Å². The first-order valence-corrected chi connectivity index (χ1v) is 5.69. The quantitative estimate of drug-likeness (QED) is 0.735. The van der Waals surface area contributed by atoms with E-state index in [4.69, 9.17) is 5.73 Å². The van der Waals surface area contributed by atoms with Crippen molar-refractivity contribution in [1.82, 2.24) is 0 Å².